The maximum absolute atomic E-state index is 11.5. The molecule has 1 unspecified atom stereocenters. The number of alkyl halides is 1. The normalized spacial score (nSPS) is 38.8. The van der Waals surface area contributed by atoms with Crippen LogP contribution in [0, 0.1) is 10.8 Å². The maximum atomic E-state index is 11.5. The first kappa shape index (κ1) is 17.7. The van der Waals surface area contributed by atoms with Gasteiger partial charge in [-0.15, -0.1) is 0 Å². The molecule has 0 radical (unpaired) electrons. The first-order valence-electron chi connectivity index (χ1n) is 8.07. The number of aldehydes is 1. The van der Waals surface area contributed by atoms with E-state index in [1.807, 2.05) is 0 Å². The van der Waals surface area contributed by atoms with E-state index < -0.39 is 0 Å². The molecule has 0 aromatic carbocycles. The minimum atomic E-state index is 0.0159. The number of halogens is 1. The fourth-order valence-electron chi connectivity index (χ4n) is 4.58. The molecule has 4 heteroatoms. The van der Waals surface area contributed by atoms with E-state index in [1.54, 1.807) is 0 Å². The Morgan fingerprint density at radius 2 is 1.67 bits per heavy atom. The molecule has 2 aliphatic heterocycles. The maximum Gasteiger partial charge on any atom is 0.138 e. The molecule has 2 heterocycles. The zero-order chi connectivity index (χ0) is 16.3. The van der Waals surface area contributed by atoms with Gasteiger partial charge in [-0.2, -0.15) is 0 Å². The van der Waals surface area contributed by atoms with E-state index in [1.165, 1.54) is 0 Å². The van der Waals surface area contributed by atoms with Gasteiger partial charge in [0.1, 0.15) is 6.29 Å². The van der Waals surface area contributed by atoms with Crippen molar-refractivity contribution in [2.24, 2.45) is 10.8 Å². The Bertz CT molecular complexity index is 433. The summed E-state index contributed by atoms with van der Waals surface area (Å²) in [6.45, 7) is 17.7. The number of nitrogens with zero attached hydrogens (tertiary/aromatic N) is 2. The lowest BCUT2D eigenvalue weighted by atomic mass is 9.57. The average Bonchev–Trinajstić information content (AvgIpc) is 2.87. The third-order valence-corrected chi connectivity index (χ3v) is 8.86. The molecule has 0 N–H and O–H groups in total. The van der Waals surface area contributed by atoms with E-state index in [4.69, 9.17) is 0 Å². The van der Waals surface area contributed by atoms with Crippen LogP contribution in [0.1, 0.15) is 61.3 Å². The third kappa shape index (κ3) is 2.01. The Hall–Kier alpha value is 0.320. The first-order chi connectivity index (χ1) is 9.49. The Labute approximate surface area is 143 Å². The lowest BCUT2D eigenvalue weighted by Crippen LogP contribution is -2.63. The van der Waals surface area contributed by atoms with E-state index in [2.05, 4.69) is 81.1 Å². The highest BCUT2D eigenvalue weighted by molar-refractivity contribution is 14.1. The van der Waals surface area contributed by atoms with Gasteiger partial charge in [0.15, 0.2) is 0 Å². The molecule has 2 atom stereocenters. The van der Waals surface area contributed by atoms with Crippen molar-refractivity contribution in [2.75, 3.05) is 11.0 Å². The third-order valence-electron chi connectivity index (χ3n) is 7.38. The molecule has 0 bridgehead atoms. The van der Waals surface area contributed by atoms with Gasteiger partial charge in [-0.25, -0.2) is 10.0 Å². The second-order valence-corrected chi connectivity index (χ2v) is 9.30. The molecule has 2 fully saturated rings. The van der Waals surface area contributed by atoms with Crippen LogP contribution in [-0.2, 0) is 4.79 Å². The summed E-state index contributed by atoms with van der Waals surface area (Å²) in [5, 5.41) is 4.96. The zero-order valence-corrected chi connectivity index (χ0v) is 16.8. The van der Waals surface area contributed by atoms with Crippen LogP contribution in [0.2, 0.25) is 0 Å². The van der Waals surface area contributed by atoms with Gasteiger partial charge in [0.05, 0.1) is 6.04 Å². The van der Waals surface area contributed by atoms with Crippen LogP contribution in [-0.4, -0.2) is 44.4 Å². The molecular weight excluding hydrogens is 375 g/mol. The van der Waals surface area contributed by atoms with Crippen LogP contribution in [0.5, 0.6) is 0 Å². The number of hydrogen-bond acceptors (Lipinski definition) is 3. The van der Waals surface area contributed by atoms with Crippen molar-refractivity contribution in [3.8, 4) is 0 Å². The quantitative estimate of drug-likeness (QED) is 0.404. The van der Waals surface area contributed by atoms with Crippen molar-refractivity contribution in [3.63, 3.8) is 0 Å². The number of rotatable bonds is 3. The Balaban J connectivity index is 2.59. The van der Waals surface area contributed by atoms with Gasteiger partial charge in [0.25, 0.3) is 0 Å². The van der Waals surface area contributed by atoms with Crippen LogP contribution in [0.4, 0.5) is 0 Å². The largest absolute Gasteiger partial charge is 0.302 e. The van der Waals surface area contributed by atoms with E-state index in [0.29, 0.717) is 0 Å². The van der Waals surface area contributed by atoms with Crippen molar-refractivity contribution in [1.29, 1.82) is 0 Å². The van der Waals surface area contributed by atoms with E-state index in [-0.39, 0.29) is 27.9 Å². The van der Waals surface area contributed by atoms with Gasteiger partial charge in [0, 0.05) is 22.1 Å². The minimum Gasteiger partial charge on any atom is -0.302 e. The Morgan fingerprint density at radius 1 is 1.10 bits per heavy atom. The molecule has 0 saturated carbocycles. The number of hydrogen-bond donors (Lipinski definition) is 0. The SMILES string of the molecule is CC1(C)N(N2CCC[C@H]2C=O)C(C)(CI)C(C)(C)C1(C)C. The van der Waals surface area contributed by atoms with Crippen LogP contribution < -0.4 is 0 Å². The van der Waals surface area contributed by atoms with Gasteiger partial charge >= 0.3 is 0 Å². The van der Waals surface area contributed by atoms with Gasteiger partial charge < -0.3 is 4.79 Å². The number of carbonyl (C=O) groups excluding carboxylic acids is 1. The molecule has 21 heavy (non-hydrogen) atoms. The molecule has 0 amide bonds. The van der Waals surface area contributed by atoms with Crippen LogP contribution >= 0.6 is 22.6 Å². The predicted molar refractivity (Wildman–Crippen MR) is 96.6 cm³/mol. The average molecular weight is 406 g/mol. The van der Waals surface area contributed by atoms with Crippen LogP contribution in [0.25, 0.3) is 0 Å². The van der Waals surface area contributed by atoms with Crippen molar-refractivity contribution in [1.82, 2.24) is 10.0 Å². The molecule has 2 rings (SSSR count). The monoisotopic (exact) mass is 406 g/mol. The van der Waals surface area contributed by atoms with E-state index in [0.717, 1.165) is 30.1 Å². The zero-order valence-electron chi connectivity index (χ0n) is 14.7. The molecule has 0 aromatic heterocycles. The molecule has 122 valence electrons. The summed E-state index contributed by atoms with van der Waals surface area (Å²) < 4.78 is 1.06. The summed E-state index contributed by atoms with van der Waals surface area (Å²) in [4.78, 5) is 11.5. The minimum absolute atomic E-state index is 0.0159. The summed E-state index contributed by atoms with van der Waals surface area (Å²) in [5.74, 6) is 0. The Kier molecular flexibility index (Phi) is 4.35. The topological polar surface area (TPSA) is 23.6 Å². The summed E-state index contributed by atoms with van der Waals surface area (Å²) in [5.41, 5.74) is 0.366. The fraction of sp³-hybridized carbons (Fsp3) is 0.941. The Morgan fingerprint density at radius 3 is 2.14 bits per heavy atom. The molecular formula is C17H31IN2O. The standard InChI is InChI=1S/C17H31IN2O/c1-14(2)15(3,4)17(7,12-18)20(16(14,5)6)19-10-8-9-13(19)11-21/h11,13H,8-10,12H2,1-7H3/t13-,17?/m0/s1. The number of hydrazine groups is 1. The molecule has 0 aliphatic carbocycles. The van der Waals surface area contributed by atoms with Crippen LogP contribution in [0.3, 0.4) is 0 Å². The first-order valence-corrected chi connectivity index (χ1v) is 9.60. The van der Waals surface area contributed by atoms with Gasteiger partial charge in [-0.1, -0.05) is 50.3 Å². The summed E-state index contributed by atoms with van der Waals surface area (Å²) >= 11 is 2.53. The molecule has 0 aromatic rings. The summed E-state index contributed by atoms with van der Waals surface area (Å²) in [6.07, 6.45) is 3.26. The lowest BCUT2D eigenvalue weighted by Gasteiger charge is -2.51. The van der Waals surface area contributed by atoms with E-state index in [9.17, 15) is 4.79 Å². The molecule has 2 aliphatic rings. The van der Waals surface area contributed by atoms with Gasteiger partial charge in [-0.3, -0.25) is 0 Å². The predicted octanol–water partition coefficient (Wildman–Crippen LogP) is 3.91. The molecule has 2 saturated heterocycles. The van der Waals surface area contributed by atoms with Crippen molar-refractivity contribution < 1.29 is 4.79 Å². The highest BCUT2D eigenvalue weighted by Crippen LogP contribution is 2.65. The molecule has 3 nitrogen and oxygen atoms in total. The van der Waals surface area contributed by atoms with Crippen molar-refractivity contribution in [2.45, 2.75) is 78.4 Å². The highest BCUT2D eigenvalue weighted by Gasteiger charge is 2.70. The highest BCUT2D eigenvalue weighted by atomic mass is 127. The van der Waals surface area contributed by atoms with Crippen molar-refractivity contribution >= 4 is 28.9 Å². The van der Waals surface area contributed by atoms with E-state index >= 15 is 0 Å². The summed E-state index contributed by atoms with van der Waals surface area (Å²) in [6, 6.07) is 0.0521. The van der Waals surface area contributed by atoms with Gasteiger partial charge in [-0.05, 0) is 44.4 Å². The van der Waals surface area contributed by atoms with Gasteiger partial charge in [0.2, 0.25) is 0 Å². The second kappa shape index (κ2) is 5.17. The molecule has 0 spiro atoms. The lowest BCUT2D eigenvalue weighted by molar-refractivity contribution is -0.154. The fourth-order valence-corrected chi connectivity index (χ4v) is 5.85. The summed E-state index contributed by atoms with van der Waals surface area (Å²) in [7, 11) is 0. The second-order valence-electron chi connectivity index (χ2n) is 8.54. The van der Waals surface area contributed by atoms with Crippen LogP contribution in [0.15, 0.2) is 0 Å². The smallest absolute Gasteiger partial charge is 0.138 e. The van der Waals surface area contributed by atoms with Crippen molar-refractivity contribution in [3.05, 3.63) is 0 Å². The number of carbonyl (C=O) groups is 1.